The maximum atomic E-state index is 12.1. The zero-order valence-corrected chi connectivity index (χ0v) is 13.4. The van der Waals surface area contributed by atoms with Crippen molar-refractivity contribution in [1.82, 2.24) is 9.55 Å². The van der Waals surface area contributed by atoms with Gasteiger partial charge in [0.2, 0.25) is 11.9 Å². The topological polar surface area (TPSA) is 99.2 Å². The largest absolute Gasteiger partial charge is 0.378 e. The minimum absolute atomic E-state index is 0.0141. The fourth-order valence-electron chi connectivity index (χ4n) is 2.12. The van der Waals surface area contributed by atoms with Crippen LogP contribution in [0.3, 0.4) is 0 Å². The number of hydrogen-bond donors (Lipinski definition) is 2. The quantitative estimate of drug-likeness (QED) is 0.864. The Hall–Kier alpha value is -2.67. The number of nitrogen functional groups attached to an aromatic ring is 1. The molecule has 0 unspecified atom stereocenters. The van der Waals surface area contributed by atoms with Crippen molar-refractivity contribution in [2.45, 2.75) is 27.0 Å². The molecule has 1 amide bonds. The first-order valence-electron chi connectivity index (χ1n) is 7.13. The van der Waals surface area contributed by atoms with Crippen LogP contribution < -0.4 is 16.6 Å². The molecule has 1 aromatic heterocycles. The Morgan fingerprint density at radius 3 is 2.65 bits per heavy atom. The molecule has 0 atom stereocenters. The molecule has 7 nitrogen and oxygen atoms in total. The zero-order chi connectivity index (χ0) is 17.0. The first kappa shape index (κ1) is 16.7. The Morgan fingerprint density at radius 1 is 1.30 bits per heavy atom. The number of nitrogens with one attached hydrogen (secondary N) is 1. The molecule has 0 spiro atoms. The lowest BCUT2D eigenvalue weighted by Gasteiger charge is -2.11. The van der Waals surface area contributed by atoms with Crippen LogP contribution in [0, 0.1) is 13.8 Å². The smallest absolute Gasteiger partial charge is 0.255 e. The molecule has 2 rings (SSSR count). The van der Waals surface area contributed by atoms with Crippen LogP contribution in [0.4, 0.5) is 11.6 Å². The van der Waals surface area contributed by atoms with E-state index in [4.69, 9.17) is 10.5 Å². The van der Waals surface area contributed by atoms with Crippen molar-refractivity contribution in [3.63, 3.8) is 0 Å². The summed E-state index contributed by atoms with van der Waals surface area (Å²) in [5.74, 6) is -0.358. The highest BCUT2D eigenvalue weighted by atomic mass is 16.5. The van der Waals surface area contributed by atoms with Gasteiger partial charge >= 0.3 is 0 Å². The van der Waals surface area contributed by atoms with Crippen molar-refractivity contribution in [2.75, 3.05) is 18.2 Å². The molecule has 0 saturated carbocycles. The number of nitrogens with two attached hydrogens (primary N) is 1. The number of aryl methyl sites for hydroxylation is 2. The van der Waals surface area contributed by atoms with Crippen LogP contribution in [0.25, 0.3) is 0 Å². The Kier molecular flexibility index (Phi) is 5.13. The highest BCUT2D eigenvalue weighted by Crippen LogP contribution is 2.14. The van der Waals surface area contributed by atoms with Crippen molar-refractivity contribution in [1.29, 1.82) is 0 Å². The van der Waals surface area contributed by atoms with Crippen LogP contribution in [0.1, 0.15) is 16.8 Å². The number of rotatable bonds is 5. The Labute approximate surface area is 134 Å². The van der Waals surface area contributed by atoms with Gasteiger partial charge in [-0.2, -0.15) is 0 Å². The third kappa shape index (κ3) is 4.17. The van der Waals surface area contributed by atoms with Gasteiger partial charge in [0, 0.05) is 18.9 Å². The summed E-state index contributed by atoms with van der Waals surface area (Å²) in [5.41, 5.74) is 8.69. The molecule has 122 valence electrons. The SMILES string of the molecule is COCc1cc(=O)n(CC(=O)Nc2ccc(C)c(C)c2)c(N)n1. The third-order valence-electron chi connectivity index (χ3n) is 3.48. The normalized spacial score (nSPS) is 10.6. The minimum atomic E-state index is -0.389. The molecule has 23 heavy (non-hydrogen) atoms. The van der Waals surface area contributed by atoms with E-state index in [-0.39, 0.29) is 30.6 Å². The van der Waals surface area contributed by atoms with Gasteiger partial charge in [-0.25, -0.2) is 4.98 Å². The standard InChI is InChI=1S/C16H20N4O3/c1-10-4-5-12(6-11(10)2)18-14(21)8-20-15(22)7-13(9-23-3)19-16(20)17/h4-7H,8-9H2,1-3H3,(H2,17,19)(H,18,21). The number of amides is 1. The van der Waals surface area contributed by atoms with Crippen LogP contribution in [0.5, 0.6) is 0 Å². The zero-order valence-electron chi connectivity index (χ0n) is 13.4. The van der Waals surface area contributed by atoms with Gasteiger partial charge in [0.1, 0.15) is 6.54 Å². The summed E-state index contributed by atoms with van der Waals surface area (Å²) < 4.78 is 6.03. The molecular weight excluding hydrogens is 296 g/mol. The van der Waals surface area contributed by atoms with Gasteiger partial charge < -0.3 is 15.8 Å². The molecule has 0 aliphatic rings. The molecule has 0 fully saturated rings. The number of carbonyl (C=O) groups excluding carboxylic acids is 1. The van der Waals surface area contributed by atoms with E-state index in [1.54, 1.807) is 0 Å². The lowest BCUT2D eigenvalue weighted by molar-refractivity contribution is -0.116. The Bertz CT molecular complexity index is 783. The second kappa shape index (κ2) is 7.06. The molecular formula is C16H20N4O3. The van der Waals surface area contributed by atoms with Crippen molar-refractivity contribution in [3.8, 4) is 0 Å². The first-order valence-corrected chi connectivity index (χ1v) is 7.13. The predicted molar refractivity (Wildman–Crippen MR) is 88.2 cm³/mol. The molecule has 7 heteroatoms. The van der Waals surface area contributed by atoms with Crippen LogP contribution in [0.2, 0.25) is 0 Å². The van der Waals surface area contributed by atoms with Crippen LogP contribution >= 0.6 is 0 Å². The van der Waals surface area contributed by atoms with E-state index in [2.05, 4.69) is 10.3 Å². The molecule has 3 N–H and O–H groups in total. The Morgan fingerprint density at radius 2 is 2.04 bits per heavy atom. The van der Waals surface area contributed by atoms with E-state index in [1.165, 1.54) is 13.2 Å². The molecule has 0 radical (unpaired) electrons. The second-order valence-electron chi connectivity index (χ2n) is 5.31. The fourth-order valence-corrected chi connectivity index (χ4v) is 2.12. The average Bonchev–Trinajstić information content (AvgIpc) is 2.47. The second-order valence-corrected chi connectivity index (χ2v) is 5.31. The Balaban J connectivity index is 2.14. The molecule has 2 aromatic rings. The number of anilines is 2. The molecule has 0 saturated heterocycles. The van der Waals surface area contributed by atoms with Gasteiger partial charge in [-0.15, -0.1) is 0 Å². The van der Waals surface area contributed by atoms with Gasteiger partial charge in [-0.1, -0.05) is 6.07 Å². The van der Waals surface area contributed by atoms with Gasteiger partial charge in [-0.3, -0.25) is 14.2 Å². The summed E-state index contributed by atoms with van der Waals surface area (Å²) in [6, 6.07) is 6.92. The lowest BCUT2D eigenvalue weighted by Crippen LogP contribution is -2.30. The number of carbonyl (C=O) groups is 1. The number of nitrogens with zero attached hydrogens (tertiary/aromatic N) is 2. The van der Waals surface area contributed by atoms with Gasteiger partial charge in [0.05, 0.1) is 12.3 Å². The first-order chi connectivity index (χ1) is 10.9. The lowest BCUT2D eigenvalue weighted by atomic mass is 10.1. The number of benzene rings is 1. The van der Waals surface area contributed by atoms with Gasteiger partial charge in [-0.05, 0) is 37.1 Å². The van der Waals surface area contributed by atoms with E-state index in [9.17, 15) is 9.59 Å². The summed E-state index contributed by atoms with van der Waals surface area (Å²) in [6.45, 7) is 3.95. The average molecular weight is 316 g/mol. The molecule has 1 heterocycles. The van der Waals surface area contributed by atoms with E-state index in [0.29, 0.717) is 11.4 Å². The maximum absolute atomic E-state index is 12.1. The summed E-state index contributed by atoms with van der Waals surface area (Å²) in [6.07, 6.45) is 0. The van der Waals surface area contributed by atoms with Crippen molar-refractivity contribution in [2.24, 2.45) is 0 Å². The van der Waals surface area contributed by atoms with E-state index < -0.39 is 0 Å². The number of hydrogen-bond acceptors (Lipinski definition) is 5. The summed E-state index contributed by atoms with van der Waals surface area (Å²) in [7, 11) is 1.50. The third-order valence-corrected chi connectivity index (χ3v) is 3.48. The van der Waals surface area contributed by atoms with Crippen molar-refractivity contribution < 1.29 is 9.53 Å². The fraction of sp³-hybridized carbons (Fsp3) is 0.312. The number of aromatic nitrogens is 2. The van der Waals surface area contributed by atoms with E-state index in [1.807, 2.05) is 32.0 Å². The summed E-state index contributed by atoms with van der Waals surface area (Å²) in [4.78, 5) is 28.2. The van der Waals surface area contributed by atoms with Crippen LogP contribution in [-0.4, -0.2) is 22.6 Å². The summed E-state index contributed by atoms with van der Waals surface area (Å²) in [5, 5.41) is 2.75. The predicted octanol–water partition coefficient (Wildman–Crippen LogP) is 1.23. The highest BCUT2D eigenvalue weighted by Gasteiger charge is 2.11. The summed E-state index contributed by atoms with van der Waals surface area (Å²) >= 11 is 0. The van der Waals surface area contributed by atoms with Crippen molar-refractivity contribution in [3.05, 3.63) is 51.4 Å². The van der Waals surface area contributed by atoms with Gasteiger partial charge in [0.25, 0.3) is 5.56 Å². The highest BCUT2D eigenvalue weighted by molar-refractivity contribution is 5.90. The van der Waals surface area contributed by atoms with Crippen LogP contribution in [0.15, 0.2) is 29.1 Å². The van der Waals surface area contributed by atoms with Crippen LogP contribution in [-0.2, 0) is 22.7 Å². The molecule has 0 aliphatic heterocycles. The number of ether oxygens (including phenoxy) is 1. The molecule has 0 aliphatic carbocycles. The monoisotopic (exact) mass is 316 g/mol. The van der Waals surface area contributed by atoms with Gasteiger partial charge in [0.15, 0.2) is 0 Å². The molecule has 0 bridgehead atoms. The van der Waals surface area contributed by atoms with E-state index >= 15 is 0 Å². The minimum Gasteiger partial charge on any atom is -0.378 e. The van der Waals surface area contributed by atoms with E-state index in [0.717, 1.165) is 15.7 Å². The molecule has 1 aromatic carbocycles. The maximum Gasteiger partial charge on any atom is 0.255 e. The number of methoxy groups -OCH3 is 1. The van der Waals surface area contributed by atoms with Crippen molar-refractivity contribution >= 4 is 17.5 Å².